The minimum absolute atomic E-state index is 0.129. The standard InChI is InChI=1S/C19H25N3OS2/c1-5-22(4)8-6-15-10-14(3)17(11-13(15)2)23-19(24)21-18(20)16-7-9-25-12-16/h7,9-12H,5-6,8H2,1-4H3,(H2,20,21,24). The number of aryl methyl sites for hydroxylation is 2. The summed E-state index contributed by atoms with van der Waals surface area (Å²) in [7, 11) is 2.13. The molecule has 0 atom stereocenters. The van der Waals surface area contributed by atoms with Crippen molar-refractivity contribution < 1.29 is 4.74 Å². The van der Waals surface area contributed by atoms with E-state index in [1.165, 1.54) is 11.1 Å². The maximum absolute atomic E-state index is 5.95. The van der Waals surface area contributed by atoms with Gasteiger partial charge in [0.2, 0.25) is 0 Å². The van der Waals surface area contributed by atoms with Crippen LogP contribution in [-0.2, 0) is 6.42 Å². The van der Waals surface area contributed by atoms with Gasteiger partial charge in [-0.1, -0.05) is 13.0 Å². The fourth-order valence-electron chi connectivity index (χ4n) is 2.39. The fraction of sp³-hybridized carbons (Fsp3) is 0.368. The summed E-state index contributed by atoms with van der Waals surface area (Å²) in [4.78, 5) is 6.48. The Hall–Kier alpha value is -1.76. The molecule has 0 aliphatic rings. The molecule has 25 heavy (non-hydrogen) atoms. The van der Waals surface area contributed by atoms with E-state index in [9.17, 15) is 0 Å². The van der Waals surface area contributed by atoms with Gasteiger partial charge in [0.15, 0.2) is 0 Å². The van der Waals surface area contributed by atoms with Gasteiger partial charge in [0, 0.05) is 17.5 Å². The van der Waals surface area contributed by atoms with Crippen LogP contribution in [-0.4, -0.2) is 36.0 Å². The molecule has 0 bridgehead atoms. The first-order valence-electron chi connectivity index (χ1n) is 8.28. The van der Waals surface area contributed by atoms with E-state index >= 15 is 0 Å². The number of aliphatic imine (C=N–C) groups is 1. The van der Waals surface area contributed by atoms with Crippen LogP contribution in [0, 0.1) is 13.8 Å². The van der Waals surface area contributed by atoms with Crippen molar-refractivity contribution in [2.75, 3.05) is 20.1 Å². The molecule has 1 aromatic carbocycles. The van der Waals surface area contributed by atoms with E-state index in [1.54, 1.807) is 11.3 Å². The van der Waals surface area contributed by atoms with Crippen LogP contribution in [0.2, 0.25) is 0 Å². The van der Waals surface area contributed by atoms with E-state index in [0.717, 1.165) is 36.4 Å². The molecule has 1 aromatic heterocycles. The topological polar surface area (TPSA) is 50.8 Å². The van der Waals surface area contributed by atoms with Gasteiger partial charge < -0.3 is 15.4 Å². The minimum atomic E-state index is 0.129. The SMILES string of the molecule is CCN(C)CCc1cc(C)c(OC(=S)N=C(N)c2ccsc2)cc1C. The molecule has 2 N–H and O–H groups in total. The molecule has 1 heterocycles. The summed E-state index contributed by atoms with van der Waals surface area (Å²) in [6, 6.07) is 6.10. The summed E-state index contributed by atoms with van der Waals surface area (Å²) in [5.74, 6) is 1.11. The minimum Gasteiger partial charge on any atom is -0.430 e. The second-order valence-electron chi connectivity index (χ2n) is 6.07. The number of nitrogens with two attached hydrogens (primary N) is 1. The van der Waals surface area contributed by atoms with E-state index in [2.05, 4.69) is 36.9 Å². The Morgan fingerprint density at radius 1 is 1.32 bits per heavy atom. The lowest BCUT2D eigenvalue weighted by atomic mass is 10.0. The molecular formula is C19H25N3OS2. The number of thiophene rings is 1. The number of hydrogen-bond donors (Lipinski definition) is 1. The highest BCUT2D eigenvalue weighted by Crippen LogP contribution is 2.24. The van der Waals surface area contributed by atoms with Crippen LogP contribution in [0.4, 0.5) is 0 Å². The van der Waals surface area contributed by atoms with Gasteiger partial charge in [-0.15, -0.1) is 0 Å². The number of nitrogens with zero attached hydrogens (tertiary/aromatic N) is 2. The maximum atomic E-state index is 5.95. The maximum Gasteiger partial charge on any atom is 0.290 e. The first-order valence-corrected chi connectivity index (χ1v) is 9.63. The Labute approximate surface area is 159 Å². The van der Waals surface area contributed by atoms with Crippen LogP contribution >= 0.6 is 23.6 Å². The monoisotopic (exact) mass is 375 g/mol. The van der Waals surface area contributed by atoms with Gasteiger partial charge in [0.1, 0.15) is 11.6 Å². The van der Waals surface area contributed by atoms with Crippen molar-refractivity contribution >= 4 is 34.6 Å². The molecule has 0 aliphatic heterocycles. The average Bonchev–Trinajstić information content (AvgIpc) is 3.10. The molecule has 0 saturated heterocycles. The molecule has 0 fully saturated rings. The van der Waals surface area contributed by atoms with Crippen molar-refractivity contribution in [3.05, 3.63) is 51.2 Å². The third-order valence-corrected chi connectivity index (χ3v) is 5.02. The molecule has 2 rings (SSSR count). The third kappa shape index (κ3) is 5.63. The Bertz CT molecular complexity index is 754. The molecule has 6 heteroatoms. The van der Waals surface area contributed by atoms with E-state index in [0.29, 0.717) is 5.84 Å². The molecule has 0 aliphatic carbocycles. The molecule has 0 unspecified atom stereocenters. The number of rotatable bonds is 6. The first kappa shape index (κ1) is 19.6. The average molecular weight is 376 g/mol. The van der Waals surface area contributed by atoms with E-state index in [1.807, 2.05) is 29.8 Å². The highest BCUT2D eigenvalue weighted by Gasteiger charge is 2.09. The van der Waals surface area contributed by atoms with Crippen molar-refractivity contribution in [2.24, 2.45) is 10.7 Å². The number of thiocarbonyl (C=S) groups is 1. The Balaban J connectivity index is 2.08. The normalized spacial score (nSPS) is 11.8. The number of ether oxygens (including phenoxy) is 1. The van der Waals surface area contributed by atoms with E-state index in [-0.39, 0.29) is 5.17 Å². The first-order chi connectivity index (χ1) is 11.9. The lowest BCUT2D eigenvalue weighted by Crippen LogP contribution is -2.20. The molecule has 0 spiro atoms. The number of likely N-dealkylation sites (N-methyl/N-ethyl adjacent to an activating group) is 1. The third-order valence-electron chi connectivity index (χ3n) is 4.16. The predicted octanol–water partition coefficient (Wildman–Crippen LogP) is 3.93. The van der Waals surface area contributed by atoms with Gasteiger partial charge in [0.05, 0.1) is 0 Å². The van der Waals surface area contributed by atoms with Gasteiger partial charge in [-0.2, -0.15) is 16.3 Å². The van der Waals surface area contributed by atoms with Gasteiger partial charge >= 0.3 is 0 Å². The number of hydrogen-bond acceptors (Lipinski definition) is 4. The summed E-state index contributed by atoms with van der Waals surface area (Å²) < 4.78 is 5.75. The summed E-state index contributed by atoms with van der Waals surface area (Å²) in [5.41, 5.74) is 10.4. The fourth-order valence-corrected chi connectivity index (χ4v) is 3.23. The summed E-state index contributed by atoms with van der Waals surface area (Å²) in [6.45, 7) is 8.38. The molecule has 4 nitrogen and oxygen atoms in total. The number of benzene rings is 1. The van der Waals surface area contributed by atoms with Crippen molar-refractivity contribution in [3.8, 4) is 5.75 Å². The molecule has 0 amide bonds. The summed E-state index contributed by atoms with van der Waals surface area (Å²) >= 11 is 6.79. The van der Waals surface area contributed by atoms with Gasteiger partial charge in [0.25, 0.3) is 5.17 Å². The molecule has 0 radical (unpaired) electrons. The quantitative estimate of drug-likeness (QED) is 0.472. The van der Waals surface area contributed by atoms with Crippen LogP contribution < -0.4 is 10.5 Å². The lowest BCUT2D eigenvalue weighted by molar-refractivity contribution is 0.357. The highest BCUT2D eigenvalue weighted by atomic mass is 32.1. The van der Waals surface area contributed by atoms with Crippen LogP contribution in [0.5, 0.6) is 5.75 Å². The van der Waals surface area contributed by atoms with Crippen molar-refractivity contribution in [1.82, 2.24) is 4.90 Å². The lowest BCUT2D eigenvalue weighted by Gasteiger charge is -2.16. The molecule has 0 saturated carbocycles. The predicted molar refractivity (Wildman–Crippen MR) is 111 cm³/mol. The highest BCUT2D eigenvalue weighted by molar-refractivity contribution is 7.80. The summed E-state index contributed by atoms with van der Waals surface area (Å²) in [5, 5.41) is 4.01. The van der Waals surface area contributed by atoms with Crippen LogP contribution in [0.15, 0.2) is 34.0 Å². The van der Waals surface area contributed by atoms with Crippen LogP contribution in [0.25, 0.3) is 0 Å². The number of amidine groups is 1. The molecular weight excluding hydrogens is 350 g/mol. The van der Waals surface area contributed by atoms with Crippen molar-refractivity contribution in [2.45, 2.75) is 27.2 Å². The second kappa shape index (κ2) is 9.08. The largest absolute Gasteiger partial charge is 0.430 e. The van der Waals surface area contributed by atoms with Crippen LogP contribution in [0.3, 0.4) is 0 Å². The zero-order valence-corrected chi connectivity index (χ0v) is 16.8. The smallest absolute Gasteiger partial charge is 0.290 e. The van der Waals surface area contributed by atoms with E-state index < -0.39 is 0 Å². The van der Waals surface area contributed by atoms with E-state index in [4.69, 9.17) is 22.7 Å². The van der Waals surface area contributed by atoms with Crippen molar-refractivity contribution in [3.63, 3.8) is 0 Å². The Morgan fingerprint density at radius 2 is 2.08 bits per heavy atom. The van der Waals surface area contributed by atoms with Crippen LogP contribution in [0.1, 0.15) is 29.2 Å². The molecule has 2 aromatic rings. The van der Waals surface area contributed by atoms with Gasteiger partial charge in [-0.05, 0) is 80.3 Å². The van der Waals surface area contributed by atoms with Gasteiger partial charge in [-0.25, -0.2) is 0 Å². The summed E-state index contributed by atoms with van der Waals surface area (Å²) in [6.07, 6.45) is 1.02. The Kier molecular flexibility index (Phi) is 7.11. The zero-order chi connectivity index (χ0) is 18.4. The van der Waals surface area contributed by atoms with Gasteiger partial charge in [-0.3, -0.25) is 0 Å². The second-order valence-corrected chi connectivity index (χ2v) is 7.20. The molecule has 134 valence electrons. The van der Waals surface area contributed by atoms with Crippen molar-refractivity contribution in [1.29, 1.82) is 0 Å². The Morgan fingerprint density at radius 3 is 2.72 bits per heavy atom. The zero-order valence-electron chi connectivity index (χ0n) is 15.2.